The molecule has 1 aliphatic heterocycles. The molecule has 10 unspecified atom stereocenters. The number of aliphatic hydroxyl groups excluding tert-OH is 1. The second-order valence-corrected chi connectivity index (χ2v) is 15.5. The summed E-state index contributed by atoms with van der Waals surface area (Å²) in [5.41, 5.74) is 4.70. The first-order valence-electron chi connectivity index (χ1n) is 15.4. The van der Waals surface area contributed by atoms with Gasteiger partial charge in [-0.1, -0.05) is 47.6 Å². The van der Waals surface area contributed by atoms with Crippen molar-refractivity contribution in [3.8, 4) is 0 Å². The van der Waals surface area contributed by atoms with Gasteiger partial charge in [-0.05, 0) is 61.7 Å². The van der Waals surface area contributed by atoms with Crippen molar-refractivity contribution < 1.29 is 24.2 Å². The fraction of sp³-hybridized carbons (Fsp3) is 0.844. The number of carbonyl (C=O) groups is 3. The van der Waals surface area contributed by atoms with Crippen molar-refractivity contribution in [2.45, 2.75) is 110 Å². The van der Waals surface area contributed by atoms with E-state index in [2.05, 4.69) is 27.4 Å². The number of likely N-dealkylation sites (tertiary alicyclic amines) is 1. The summed E-state index contributed by atoms with van der Waals surface area (Å²) < 4.78 is 6.38. The number of ketones is 1. The van der Waals surface area contributed by atoms with Crippen LogP contribution in [0.5, 0.6) is 0 Å². The molecule has 10 atom stereocenters. The van der Waals surface area contributed by atoms with Crippen LogP contribution in [-0.4, -0.2) is 70.0 Å². The molecule has 3 aliphatic carbocycles. The Balaban J connectivity index is 1.52. The summed E-state index contributed by atoms with van der Waals surface area (Å²) in [6, 6.07) is -0.506. The smallest absolute Gasteiger partial charge is 0.316 e. The van der Waals surface area contributed by atoms with Crippen LogP contribution in [0.3, 0.4) is 0 Å². The highest BCUT2D eigenvalue weighted by atomic mass is 32.2. The monoisotopic (exact) mass is 576 g/mol. The molecule has 3 N–H and O–H groups in total. The molecule has 4 rings (SSSR count). The average Bonchev–Trinajstić information content (AvgIpc) is 3.29. The molecule has 1 saturated heterocycles. The minimum absolute atomic E-state index is 0.0159. The van der Waals surface area contributed by atoms with E-state index in [4.69, 9.17) is 10.5 Å². The number of carbonyl (C=O) groups excluding carboxylic acids is 3. The summed E-state index contributed by atoms with van der Waals surface area (Å²) in [5.74, 6) is 0.158. The van der Waals surface area contributed by atoms with Crippen molar-refractivity contribution >= 4 is 29.4 Å². The zero-order valence-electron chi connectivity index (χ0n) is 25.5. The Hall–Kier alpha value is -1.38. The summed E-state index contributed by atoms with van der Waals surface area (Å²) in [6.07, 6.45) is 6.12. The number of aliphatic hydroxyl groups is 1. The first-order valence-corrected chi connectivity index (χ1v) is 16.5. The third-order valence-electron chi connectivity index (χ3n) is 11.7. The quantitative estimate of drug-likeness (QED) is 0.337. The normalized spacial score (nSPS) is 42.5. The van der Waals surface area contributed by atoms with Gasteiger partial charge in [0.15, 0.2) is 0 Å². The summed E-state index contributed by atoms with van der Waals surface area (Å²) in [7, 11) is 0. The molecule has 1 heterocycles. The molecule has 226 valence electrons. The minimum Gasteiger partial charge on any atom is -0.461 e. The molecule has 0 aromatic heterocycles. The number of nitrogens with zero attached hydrogens (tertiary/aromatic N) is 1. The van der Waals surface area contributed by atoms with Gasteiger partial charge in [0.1, 0.15) is 11.9 Å². The van der Waals surface area contributed by atoms with E-state index in [1.54, 1.807) is 11.8 Å². The lowest BCUT2D eigenvalue weighted by Gasteiger charge is -2.61. The Morgan fingerprint density at radius 3 is 2.60 bits per heavy atom. The fourth-order valence-electron chi connectivity index (χ4n) is 8.65. The van der Waals surface area contributed by atoms with E-state index >= 15 is 0 Å². The number of hydrogen-bond donors (Lipinski definition) is 2. The van der Waals surface area contributed by atoms with Gasteiger partial charge in [-0.15, -0.1) is 18.3 Å². The van der Waals surface area contributed by atoms with Crippen molar-refractivity contribution in [1.82, 2.24) is 4.90 Å². The van der Waals surface area contributed by atoms with Crippen molar-refractivity contribution in [3.63, 3.8) is 0 Å². The van der Waals surface area contributed by atoms with Gasteiger partial charge in [0.25, 0.3) is 0 Å². The predicted octanol–water partition coefficient (Wildman–Crippen LogP) is 4.60. The second kappa shape index (κ2) is 11.7. The van der Waals surface area contributed by atoms with Gasteiger partial charge in [-0.3, -0.25) is 14.4 Å². The van der Waals surface area contributed by atoms with E-state index in [-0.39, 0.29) is 57.7 Å². The van der Waals surface area contributed by atoms with E-state index in [1.807, 2.05) is 31.7 Å². The topological polar surface area (TPSA) is 110 Å². The van der Waals surface area contributed by atoms with Crippen LogP contribution in [0.2, 0.25) is 0 Å². The molecule has 0 aromatic carbocycles. The van der Waals surface area contributed by atoms with Crippen LogP contribution < -0.4 is 5.73 Å². The van der Waals surface area contributed by atoms with E-state index in [0.29, 0.717) is 25.9 Å². The van der Waals surface area contributed by atoms with Crippen LogP contribution in [0.25, 0.3) is 0 Å². The third kappa shape index (κ3) is 5.30. The summed E-state index contributed by atoms with van der Waals surface area (Å²) >= 11 is 1.55. The number of esters is 1. The molecule has 2 bridgehead atoms. The Morgan fingerprint density at radius 2 is 1.95 bits per heavy atom. The van der Waals surface area contributed by atoms with Crippen LogP contribution in [0.1, 0.15) is 86.5 Å². The predicted molar refractivity (Wildman–Crippen MR) is 160 cm³/mol. The highest BCUT2D eigenvalue weighted by molar-refractivity contribution is 8.00. The lowest BCUT2D eigenvalue weighted by molar-refractivity contribution is -0.205. The van der Waals surface area contributed by atoms with Crippen LogP contribution in [0, 0.1) is 39.9 Å². The Labute approximate surface area is 245 Å². The van der Waals surface area contributed by atoms with Gasteiger partial charge < -0.3 is 20.5 Å². The molecule has 4 aliphatic rings. The Kier molecular flexibility index (Phi) is 9.24. The number of nitrogens with two attached hydrogens (primary N) is 1. The molecule has 0 aromatic rings. The first kappa shape index (κ1) is 31.6. The number of ether oxygens (including phenoxy) is 1. The maximum atomic E-state index is 13.6. The molecule has 7 nitrogen and oxygen atoms in total. The van der Waals surface area contributed by atoms with Gasteiger partial charge in [0, 0.05) is 41.5 Å². The first-order chi connectivity index (χ1) is 18.7. The van der Waals surface area contributed by atoms with Crippen LogP contribution in [-0.2, 0) is 19.1 Å². The lowest BCUT2D eigenvalue weighted by atomic mass is 9.44. The standard InChI is InChI=1S/C32H52N2O5S/c1-8-30(6)16-24(31(7)20(4)11-13-32(21(5)28(30)37)14-12-23(35)27(31)32)39-25(36)18-40-22-10-9-15-34(17-22)29(38)26(33)19(2)3/h8,19-22,24,26-28,37H,1,9-18,33H2,2-7H3. The van der Waals surface area contributed by atoms with Crippen molar-refractivity contribution in [3.05, 3.63) is 12.7 Å². The molecule has 40 heavy (non-hydrogen) atoms. The lowest BCUT2D eigenvalue weighted by Crippen LogP contribution is -2.63. The minimum atomic E-state index is -0.671. The highest BCUT2D eigenvalue weighted by Gasteiger charge is 2.68. The zero-order valence-corrected chi connectivity index (χ0v) is 26.3. The molecule has 8 heteroatoms. The fourth-order valence-corrected chi connectivity index (χ4v) is 9.71. The molecular formula is C32H52N2O5S. The Bertz CT molecular complexity index is 1000. The number of Topliss-reactive ketones (excluding diaryl/α,β-unsaturated/α-hetero) is 1. The van der Waals surface area contributed by atoms with Gasteiger partial charge in [0.05, 0.1) is 17.9 Å². The van der Waals surface area contributed by atoms with E-state index in [0.717, 1.165) is 32.1 Å². The van der Waals surface area contributed by atoms with E-state index < -0.39 is 29.1 Å². The summed E-state index contributed by atoms with van der Waals surface area (Å²) in [4.78, 5) is 41.7. The van der Waals surface area contributed by atoms with Gasteiger partial charge in [-0.25, -0.2) is 0 Å². The Morgan fingerprint density at radius 1 is 1.25 bits per heavy atom. The molecule has 0 radical (unpaired) electrons. The number of amides is 1. The van der Waals surface area contributed by atoms with Gasteiger partial charge >= 0.3 is 5.97 Å². The molecular weight excluding hydrogens is 524 g/mol. The van der Waals surface area contributed by atoms with Crippen LogP contribution in [0.15, 0.2) is 12.7 Å². The average molecular weight is 577 g/mol. The van der Waals surface area contributed by atoms with Gasteiger partial charge in [-0.2, -0.15) is 0 Å². The number of thioether (sulfide) groups is 1. The summed E-state index contributed by atoms with van der Waals surface area (Å²) in [6.45, 7) is 17.8. The largest absolute Gasteiger partial charge is 0.461 e. The summed E-state index contributed by atoms with van der Waals surface area (Å²) in [5, 5.41) is 11.8. The van der Waals surface area contributed by atoms with Gasteiger partial charge in [0.2, 0.25) is 5.91 Å². The van der Waals surface area contributed by atoms with Crippen LogP contribution >= 0.6 is 11.8 Å². The maximum absolute atomic E-state index is 13.6. The molecule has 4 fully saturated rings. The zero-order chi connectivity index (χ0) is 29.6. The van der Waals surface area contributed by atoms with Crippen molar-refractivity contribution in [2.75, 3.05) is 18.8 Å². The number of rotatable bonds is 7. The number of hydrogen-bond acceptors (Lipinski definition) is 7. The van der Waals surface area contributed by atoms with E-state index in [1.165, 1.54) is 0 Å². The third-order valence-corrected chi connectivity index (χ3v) is 13.0. The second-order valence-electron chi connectivity index (χ2n) is 14.2. The van der Waals surface area contributed by atoms with Crippen LogP contribution in [0.4, 0.5) is 0 Å². The SMILES string of the molecule is C=CC1(C)CC(OC(=O)CSC2CCCN(C(=O)C(N)C(C)C)C2)C2(C)C(C)CCC3(CCC(=O)C32)C(C)C1O. The van der Waals surface area contributed by atoms with Crippen molar-refractivity contribution in [1.29, 1.82) is 0 Å². The number of piperidine rings is 1. The molecule has 1 amide bonds. The highest BCUT2D eigenvalue weighted by Crippen LogP contribution is 2.68. The maximum Gasteiger partial charge on any atom is 0.316 e. The van der Waals surface area contributed by atoms with E-state index in [9.17, 15) is 19.5 Å². The molecule has 0 spiro atoms. The molecule has 3 saturated carbocycles. The van der Waals surface area contributed by atoms with Crippen molar-refractivity contribution in [2.24, 2.45) is 45.7 Å².